The Labute approximate surface area is 214 Å². The van der Waals surface area contributed by atoms with Gasteiger partial charge in [-0.25, -0.2) is 4.79 Å². The van der Waals surface area contributed by atoms with Gasteiger partial charge in [0.1, 0.15) is 17.7 Å². The molecule has 4 N–H and O–H groups in total. The van der Waals surface area contributed by atoms with Gasteiger partial charge in [0.15, 0.2) is 0 Å². The molecule has 1 rings (SSSR count). The summed E-state index contributed by atoms with van der Waals surface area (Å²) in [6.45, 7) is 15.2. The molecule has 0 aromatic heterocycles. The van der Waals surface area contributed by atoms with Crippen LogP contribution in [0.15, 0.2) is 30.9 Å². The number of nitrogens with zero attached hydrogens (tertiary/aromatic N) is 1. The first-order valence-corrected chi connectivity index (χ1v) is 12.3. The molecule has 2 unspecified atom stereocenters. The molecule has 2 atom stereocenters. The molecule has 0 aliphatic heterocycles. The fourth-order valence-electron chi connectivity index (χ4n) is 3.65. The van der Waals surface area contributed by atoms with Gasteiger partial charge in [0.2, 0.25) is 17.7 Å². The number of unbranched alkanes of at least 4 members (excludes halogenated alkanes) is 1. The zero-order chi connectivity index (χ0) is 27.5. The van der Waals surface area contributed by atoms with Crippen molar-refractivity contribution < 1.29 is 23.9 Å². The van der Waals surface area contributed by atoms with E-state index in [0.717, 1.165) is 24.0 Å². The zero-order valence-corrected chi connectivity index (χ0v) is 22.5. The standard InChI is InChI=1S/C27H42N4O5/c1-8-10-15-29-24(33)23(20-17-18(3)11-12-19(20)4)31(16-9-2)25(34)21(13-14-22(28)32)30-26(35)36-27(5,6)7/h9,11-12,17,21,23H,2,8,10,13-16H2,1,3-7H3,(H2,28,32)(H,29,33)(H,30,35). The van der Waals surface area contributed by atoms with Crippen LogP contribution in [0.25, 0.3) is 0 Å². The van der Waals surface area contributed by atoms with Crippen molar-refractivity contribution in [3.63, 3.8) is 0 Å². The Hall–Kier alpha value is -3.36. The number of rotatable bonds is 13. The molecule has 0 heterocycles. The number of benzene rings is 1. The first-order chi connectivity index (χ1) is 16.8. The van der Waals surface area contributed by atoms with Crippen LogP contribution in [0.1, 0.15) is 76.1 Å². The van der Waals surface area contributed by atoms with Crippen molar-refractivity contribution in [3.8, 4) is 0 Å². The summed E-state index contributed by atoms with van der Waals surface area (Å²) < 4.78 is 5.32. The van der Waals surface area contributed by atoms with Crippen LogP contribution in [0, 0.1) is 13.8 Å². The summed E-state index contributed by atoms with van der Waals surface area (Å²) >= 11 is 0. The van der Waals surface area contributed by atoms with E-state index in [1.54, 1.807) is 20.8 Å². The average molecular weight is 503 g/mol. The van der Waals surface area contributed by atoms with Gasteiger partial charge in [0, 0.05) is 19.5 Å². The number of carbonyl (C=O) groups is 4. The van der Waals surface area contributed by atoms with Crippen LogP contribution in [0.5, 0.6) is 0 Å². The van der Waals surface area contributed by atoms with Crippen molar-refractivity contribution >= 4 is 23.8 Å². The molecule has 1 aromatic carbocycles. The summed E-state index contributed by atoms with van der Waals surface area (Å²) in [4.78, 5) is 52.7. The lowest BCUT2D eigenvalue weighted by Gasteiger charge is -2.34. The molecule has 4 amide bonds. The number of ether oxygens (including phenoxy) is 1. The molecule has 0 saturated carbocycles. The third-order valence-electron chi connectivity index (χ3n) is 5.40. The molecule has 0 radical (unpaired) electrons. The third kappa shape index (κ3) is 10.1. The topological polar surface area (TPSA) is 131 Å². The van der Waals surface area contributed by atoms with Gasteiger partial charge >= 0.3 is 6.09 Å². The molecule has 0 fully saturated rings. The summed E-state index contributed by atoms with van der Waals surface area (Å²) in [5, 5.41) is 5.50. The van der Waals surface area contributed by atoms with Crippen LogP contribution in [-0.4, -0.2) is 53.4 Å². The summed E-state index contributed by atoms with van der Waals surface area (Å²) in [5.74, 6) is -1.49. The van der Waals surface area contributed by atoms with E-state index in [1.807, 2.05) is 39.0 Å². The average Bonchev–Trinajstić information content (AvgIpc) is 2.77. The molecule has 0 bridgehead atoms. The van der Waals surface area contributed by atoms with Crippen molar-refractivity contribution in [2.45, 2.75) is 84.9 Å². The van der Waals surface area contributed by atoms with E-state index in [4.69, 9.17) is 10.5 Å². The SMILES string of the molecule is C=CCN(C(=O)C(CCC(N)=O)NC(=O)OC(C)(C)C)C(C(=O)NCCCC)c1cc(C)ccc1C. The van der Waals surface area contributed by atoms with E-state index in [-0.39, 0.29) is 25.3 Å². The number of amides is 4. The van der Waals surface area contributed by atoms with Gasteiger partial charge < -0.3 is 26.0 Å². The minimum absolute atomic E-state index is 0.0428. The number of alkyl carbamates (subject to hydrolysis) is 1. The second kappa shape index (κ2) is 14.3. The quantitative estimate of drug-likeness (QED) is 0.281. The fraction of sp³-hybridized carbons (Fsp3) is 0.556. The fourth-order valence-corrected chi connectivity index (χ4v) is 3.65. The first-order valence-electron chi connectivity index (χ1n) is 12.3. The highest BCUT2D eigenvalue weighted by Crippen LogP contribution is 2.27. The third-order valence-corrected chi connectivity index (χ3v) is 5.40. The Kier molecular flexibility index (Phi) is 12.1. The maximum Gasteiger partial charge on any atom is 0.408 e. The minimum Gasteiger partial charge on any atom is -0.444 e. The number of aryl methyl sites for hydroxylation is 2. The van der Waals surface area contributed by atoms with E-state index in [1.165, 1.54) is 11.0 Å². The van der Waals surface area contributed by atoms with Crippen molar-refractivity contribution in [3.05, 3.63) is 47.5 Å². The van der Waals surface area contributed by atoms with Crippen LogP contribution >= 0.6 is 0 Å². The van der Waals surface area contributed by atoms with Gasteiger partial charge in [0.05, 0.1) is 0 Å². The van der Waals surface area contributed by atoms with Gasteiger partial charge in [-0.15, -0.1) is 6.58 Å². The van der Waals surface area contributed by atoms with E-state index in [2.05, 4.69) is 17.2 Å². The molecule has 0 aliphatic rings. The smallest absolute Gasteiger partial charge is 0.408 e. The molecule has 1 aromatic rings. The van der Waals surface area contributed by atoms with Crippen molar-refractivity contribution in [1.29, 1.82) is 0 Å². The number of carbonyl (C=O) groups excluding carboxylic acids is 4. The number of nitrogens with one attached hydrogen (secondary N) is 2. The number of hydrogen-bond acceptors (Lipinski definition) is 5. The van der Waals surface area contributed by atoms with E-state index < -0.39 is 35.6 Å². The molecule has 0 aliphatic carbocycles. The Morgan fingerprint density at radius 1 is 1.19 bits per heavy atom. The summed E-state index contributed by atoms with van der Waals surface area (Å²) in [7, 11) is 0. The molecule has 0 saturated heterocycles. The Bertz CT molecular complexity index is 939. The van der Waals surface area contributed by atoms with Crippen molar-refractivity contribution in [1.82, 2.24) is 15.5 Å². The van der Waals surface area contributed by atoms with Gasteiger partial charge in [-0.05, 0) is 58.6 Å². The molecular weight excluding hydrogens is 460 g/mol. The maximum atomic E-state index is 13.9. The van der Waals surface area contributed by atoms with E-state index in [0.29, 0.717) is 12.1 Å². The highest BCUT2D eigenvalue weighted by Gasteiger charge is 2.36. The predicted octanol–water partition coefficient (Wildman–Crippen LogP) is 3.43. The minimum atomic E-state index is -1.14. The number of primary amides is 1. The van der Waals surface area contributed by atoms with Gasteiger partial charge in [-0.2, -0.15) is 0 Å². The van der Waals surface area contributed by atoms with Gasteiger partial charge in [-0.1, -0.05) is 43.2 Å². The van der Waals surface area contributed by atoms with Crippen molar-refractivity contribution in [2.24, 2.45) is 5.73 Å². The van der Waals surface area contributed by atoms with Crippen LogP contribution in [0.2, 0.25) is 0 Å². The Morgan fingerprint density at radius 3 is 2.42 bits per heavy atom. The molecule has 9 nitrogen and oxygen atoms in total. The molecule has 0 spiro atoms. The predicted molar refractivity (Wildman–Crippen MR) is 140 cm³/mol. The van der Waals surface area contributed by atoms with E-state index in [9.17, 15) is 19.2 Å². The number of nitrogens with two attached hydrogens (primary N) is 1. The Morgan fingerprint density at radius 2 is 1.86 bits per heavy atom. The Balaban J connectivity index is 3.48. The monoisotopic (exact) mass is 502 g/mol. The largest absolute Gasteiger partial charge is 0.444 e. The maximum absolute atomic E-state index is 13.9. The first kappa shape index (κ1) is 30.7. The lowest BCUT2D eigenvalue weighted by Crippen LogP contribution is -2.53. The van der Waals surface area contributed by atoms with E-state index >= 15 is 0 Å². The molecular formula is C27H42N4O5. The lowest BCUT2D eigenvalue weighted by atomic mass is 9.95. The molecule has 36 heavy (non-hydrogen) atoms. The summed E-state index contributed by atoms with van der Waals surface area (Å²) in [5.41, 5.74) is 6.98. The highest BCUT2D eigenvalue weighted by molar-refractivity contribution is 5.92. The normalized spacial score (nSPS) is 12.7. The van der Waals surface area contributed by atoms with Crippen LogP contribution in [-0.2, 0) is 19.1 Å². The second-order valence-electron chi connectivity index (χ2n) is 9.89. The van der Waals surface area contributed by atoms with Gasteiger partial charge in [-0.3, -0.25) is 14.4 Å². The van der Waals surface area contributed by atoms with Gasteiger partial charge in [0.25, 0.3) is 0 Å². The molecule has 200 valence electrons. The lowest BCUT2D eigenvalue weighted by molar-refractivity contribution is -0.142. The van der Waals surface area contributed by atoms with Crippen molar-refractivity contribution in [2.75, 3.05) is 13.1 Å². The highest BCUT2D eigenvalue weighted by atomic mass is 16.6. The second-order valence-corrected chi connectivity index (χ2v) is 9.89. The summed E-state index contributed by atoms with van der Waals surface area (Å²) in [6.07, 6.45) is 2.23. The summed E-state index contributed by atoms with van der Waals surface area (Å²) in [6, 6.07) is 3.61. The van der Waals surface area contributed by atoms with Crippen LogP contribution in [0.3, 0.4) is 0 Å². The number of hydrogen-bond donors (Lipinski definition) is 3. The van der Waals surface area contributed by atoms with Crippen LogP contribution in [0.4, 0.5) is 4.79 Å². The zero-order valence-electron chi connectivity index (χ0n) is 22.5. The van der Waals surface area contributed by atoms with Crippen LogP contribution < -0.4 is 16.4 Å². The molecule has 9 heteroatoms.